The Kier molecular flexibility index (Phi) is 7.19. The molecule has 1 aromatic heterocycles. The van der Waals surface area contributed by atoms with Gasteiger partial charge in [-0.1, -0.05) is 36.9 Å². The molecule has 4 heteroatoms. The Morgan fingerprint density at radius 1 is 0.963 bits per heavy atom. The van der Waals surface area contributed by atoms with E-state index in [9.17, 15) is 0 Å². The molecule has 0 unspecified atom stereocenters. The summed E-state index contributed by atoms with van der Waals surface area (Å²) in [5.41, 5.74) is 3.81. The number of hydrogen-bond acceptors (Lipinski definition) is 4. The van der Waals surface area contributed by atoms with Crippen molar-refractivity contribution in [3.05, 3.63) is 84.7 Å². The summed E-state index contributed by atoms with van der Waals surface area (Å²) >= 11 is 0. The second-order valence-corrected chi connectivity index (χ2v) is 6.95. The van der Waals surface area contributed by atoms with Crippen LogP contribution >= 0.6 is 0 Å². The maximum Gasteiger partial charge on any atom is 0.123 e. The van der Waals surface area contributed by atoms with Crippen molar-refractivity contribution in [2.45, 2.75) is 19.5 Å². The molecule has 0 N–H and O–H groups in total. The van der Waals surface area contributed by atoms with Crippen molar-refractivity contribution < 1.29 is 4.74 Å². The van der Waals surface area contributed by atoms with Crippen LogP contribution in [0.15, 0.2) is 68.0 Å². The van der Waals surface area contributed by atoms with Crippen LogP contribution in [0.25, 0.3) is 0 Å². The fourth-order valence-electron chi connectivity index (χ4n) is 3.45. The normalized spacial score (nSPS) is 15.4. The van der Waals surface area contributed by atoms with E-state index in [-0.39, 0.29) is 0 Å². The van der Waals surface area contributed by atoms with Crippen LogP contribution in [0.1, 0.15) is 16.7 Å². The molecule has 4 nitrogen and oxygen atoms in total. The first-order valence-corrected chi connectivity index (χ1v) is 9.58. The second kappa shape index (κ2) is 10.0. The number of piperazine rings is 1. The van der Waals surface area contributed by atoms with E-state index in [4.69, 9.17) is 4.74 Å². The number of aromatic nitrogens is 1. The molecule has 0 amide bonds. The van der Waals surface area contributed by atoms with Gasteiger partial charge in [-0.15, -0.1) is 6.58 Å². The smallest absolute Gasteiger partial charge is 0.123 e. The Bertz CT molecular complexity index is 737. The van der Waals surface area contributed by atoms with E-state index in [2.05, 4.69) is 52.2 Å². The van der Waals surface area contributed by atoms with Crippen molar-refractivity contribution in [2.24, 2.45) is 0 Å². The van der Waals surface area contributed by atoms with Gasteiger partial charge in [0.25, 0.3) is 0 Å². The van der Waals surface area contributed by atoms with Crippen LogP contribution in [0, 0.1) is 0 Å². The third-order valence-electron chi connectivity index (χ3n) is 4.85. The van der Waals surface area contributed by atoms with Gasteiger partial charge in [-0.05, 0) is 35.2 Å². The van der Waals surface area contributed by atoms with Crippen molar-refractivity contribution >= 4 is 0 Å². The number of benzene rings is 1. The molecule has 2 aromatic rings. The number of ether oxygens (including phenoxy) is 1. The fourth-order valence-corrected chi connectivity index (χ4v) is 3.45. The molecular weight excluding hydrogens is 334 g/mol. The molecule has 1 aliphatic rings. The zero-order valence-corrected chi connectivity index (χ0v) is 16.0. The van der Waals surface area contributed by atoms with Crippen molar-refractivity contribution in [3.8, 4) is 5.75 Å². The zero-order valence-electron chi connectivity index (χ0n) is 16.0. The standard InChI is InChI=1S/C23H29N3O/c1-3-6-22-16-20(8-9-23(22)27-15-4-2)18-25-11-13-26(14-12-25)19-21-7-5-10-24-17-21/h3-5,7-10,16-17H,1-2,6,11-15,18-19H2. The van der Waals surface area contributed by atoms with Gasteiger partial charge in [0.1, 0.15) is 12.4 Å². The average molecular weight is 364 g/mol. The third kappa shape index (κ3) is 5.78. The van der Waals surface area contributed by atoms with Gasteiger partial charge in [0, 0.05) is 51.7 Å². The lowest BCUT2D eigenvalue weighted by atomic mass is 10.1. The van der Waals surface area contributed by atoms with Gasteiger partial charge in [0.15, 0.2) is 0 Å². The van der Waals surface area contributed by atoms with Crippen LogP contribution in [0.4, 0.5) is 0 Å². The molecule has 3 rings (SSSR count). The number of rotatable bonds is 9. The molecule has 2 heterocycles. The number of pyridine rings is 1. The highest BCUT2D eigenvalue weighted by molar-refractivity contribution is 5.38. The summed E-state index contributed by atoms with van der Waals surface area (Å²) in [6.45, 7) is 14.4. The van der Waals surface area contributed by atoms with Crippen LogP contribution in [0.3, 0.4) is 0 Å². The summed E-state index contributed by atoms with van der Waals surface area (Å²) in [4.78, 5) is 9.24. The summed E-state index contributed by atoms with van der Waals surface area (Å²) in [6.07, 6.45) is 8.31. The minimum absolute atomic E-state index is 0.530. The minimum atomic E-state index is 0.530. The predicted molar refractivity (Wildman–Crippen MR) is 111 cm³/mol. The molecule has 0 aliphatic carbocycles. The summed E-state index contributed by atoms with van der Waals surface area (Å²) in [7, 11) is 0. The fraction of sp³-hybridized carbons (Fsp3) is 0.348. The molecular formula is C23H29N3O. The lowest BCUT2D eigenvalue weighted by molar-refractivity contribution is 0.122. The molecule has 1 aliphatic heterocycles. The zero-order chi connectivity index (χ0) is 18.9. The van der Waals surface area contributed by atoms with E-state index in [0.29, 0.717) is 6.61 Å². The first kappa shape index (κ1) is 19.3. The summed E-state index contributed by atoms with van der Waals surface area (Å²) in [5.74, 6) is 0.930. The Balaban J connectivity index is 1.54. The van der Waals surface area contributed by atoms with Gasteiger partial charge < -0.3 is 4.74 Å². The molecule has 0 saturated carbocycles. The molecule has 27 heavy (non-hydrogen) atoms. The molecule has 142 valence electrons. The van der Waals surface area contributed by atoms with Gasteiger partial charge >= 0.3 is 0 Å². The van der Waals surface area contributed by atoms with E-state index in [1.165, 1.54) is 16.7 Å². The quantitative estimate of drug-likeness (QED) is 0.635. The Morgan fingerprint density at radius 3 is 2.33 bits per heavy atom. The topological polar surface area (TPSA) is 28.6 Å². The largest absolute Gasteiger partial charge is 0.489 e. The maximum atomic E-state index is 5.76. The second-order valence-electron chi connectivity index (χ2n) is 6.95. The van der Waals surface area contributed by atoms with Crippen molar-refractivity contribution in [3.63, 3.8) is 0 Å². The first-order chi connectivity index (χ1) is 13.3. The van der Waals surface area contributed by atoms with E-state index in [1.54, 1.807) is 6.08 Å². The lowest BCUT2D eigenvalue weighted by Gasteiger charge is -2.34. The molecule has 0 bridgehead atoms. The average Bonchev–Trinajstić information content (AvgIpc) is 2.70. The Hall–Kier alpha value is -2.43. The maximum absolute atomic E-state index is 5.76. The van der Waals surface area contributed by atoms with Crippen LogP contribution < -0.4 is 4.74 Å². The van der Waals surface area contributed by atoms with Crippen LogP contribution in [0.5, 0.6) is 5.75 Å². The molecule has 1 fully saturated rings. The van der Waals surface area contributed by atoms with Gasteiger partial charge in [-0.3, -0.25) is 14.8 Å². The highest BCUT2D eigenvalue weighted by Gasteiger charge is 2.17. The number of allylic oxidation sites excluding steroid dienone is 1. The number of nitrogens with zero attached hydrogens (tertiary/aromatic N) is 3. The molecule has 0 radical (unpaired) electrons. The molecule has 0 atom stereocenters. The first-order valence-electron chi connectivity index (χ1n) is 9.58. The monoisotopic (exact) mass is 363 g/mol. The van der Waals surface area contributed by atoms with Crippen LogP contribution in [0.2, 0.25) is 0 Å². The van der Waals surface area contributed by atoms with Gasteiger partial charge in [0.2, 0.25) is 0 Å². The Morgan fingerprint density at radius 2 is 1.70 bits per heavy atom. The predicted octanol–water partition coefficient (Wildman–Crippen LogP) is 3.69. The lowest BCUT2D eigenvalue weighted by Crippen LogP contribution is -2.45. The molecule has 0 spiro atoms. The van der Waals surface area contributed by atoms with E-state index < -0.39 is 0 Å². The van der Waals surface area contributed by atoms with E-state index >= 15 is 0 Å². The van der Waals surface area contributed by atoms with Crippen molar-refractivity contribution in [1.82, 2.24) is 14.8 Å². The summed E-state index contributed by atoms with van der Waals surface area (Å²) in [6, 6.07) is 10.7. The summed E-state index contributed by atoms with van der Waals surface area (Å²) in [5, 5.41) is 0. The highest BCUT2D eigenvalue weighted by atomic mass is 16.5. The Labute approximate surface area is 162 Å². The van der Waals surface area contributed by atoms with Crippen molar-refractivity contribution in [2.75, 3.05) is 32.8 Å². The molecule has 1 aromatic carbocycles. The summed E-state index contributed by atoms with van der Waals surface area (Å²) < 4.78 is 5.76. The molecule has 1 saturated heterocycles. The van der Waals surface area contributed by atoms with Crippen molar-refractivity contribution in [1.29, 1.82) is 0 Å². The highest BCUT2D eigenvalue weighted by Crippen LogP contribution is 2.22. The number of hydrogen-bond donors (Lipinski definition) is 0. The van der Waals surface area contributed by atoms with E-state index in [1.807, 2.05) is 24.5 Å². The SMILES string of the molecule is C=CCOc1ccc(CN2CCN(Cc3cccnc3)CC2)cc1CC=C. The van der Waals surface area contributed by atoms with Gasteiger partial charge in [-0.25, -0.2) is 0 Å². The van der Waals surface area contributed by atoms with Crippen LogP contribution in [-0.2, 0) is 19.5 Å². The minimum Gasteiger partial charge on any atom is -0.489 e. The van der Waals surface area contributed by atoms with E-state index in [0.717, 1.165) is 51.4 Å². The third-order valence-corrected chi connectivity index (χ3v) is 4.85. The van der Waals surface area contributed by atoms with Gasteiger partial charge in [-0.2, -0.15) is 0 Å². The van der Waals surface area contributed by atoms with Gasteiger partial charge in [0.05, 0.1) is 0 Å². The van der Waals surface area contributed by atoms with Crippen LogP contribution in [-0.4, -0.2) is 47.6 Å².